The third-order valence-corrected chi connectivity index (χ3v) is 3.54. The lowest BCUT2D eigenvalue weighted by Gasteiger charge is -2.27. The van der Waals surface area contributed by atoms with Gasteiger partial charge in [0.05, 0.1) is 0 Å². The van der Waals surface area contributed by atoms with Crippen LogP contribution in [0.3, 0.4) is 0 Å². The van der Waals surface area contributed by atoms with Gasteiger partial charge < -0.3 is 23.8 Å². The summed E-state index contributed by atoms with van der Waals surface area (Å²) in [4.78, 5) is 87.8. The van der Waals surface area contributed by atoms with E-state index in [4.69, 9.17) is 18.9 Å². The number of hydroxylamine groups is 2. The molecule has 0 aromatic rings. The maximum absolute atomic E-state index is 12.6. The van der Waals surface area contributed by atoms with Crippen LogP contribution in [-0.4, -0.2) is 70.6 Å². The van der Waals surface area contributed by atoms with E-state index in [2.05, 4.69) is 4.84 Å². The van der Waals surface area contributed by atoms with Crippen molar-refractivity contribution in [1.82, 2.24) is 5.06 Å². The zero-order chi connectivity index (χ0) is 24.8. The minimum Gasteiger partial charge on any atom is -0.457 e. The van der Waals surface area contributed by atoms with Gasteiger partial charge in [0.2, 0.25) is 12.2 Å². The maximum Gasteiger partial charge on any atom is 0.373 e. The van der Waals surface area contributed by atoms with Crippen molar-refractivity contribution in [2.24, 2.45) is 0 Å². The van der Waals surface area contributed by atoms with Crippen molar-refractivity contribution in [1.29, 1.82) is 0 Å². The zero-order valence-corrected chi connectivity index (χ0v) is 18.5. The molecule has 13 nitrogen and oxygen atoms in total. The van der Waals surface area contributed by atoms with Gasteiger partial charge in [-0.3, -0.25) is 19.2 Å². The topological polar surface area (TPSA) is 169 Å². The molecule has 1 aliphatic heterocycles. The third kappa shape index (κ3) is 7.96. The number of imide groups is 1. The minimum absolute atomic E-state index is 0.144. The van der Waals surface area contributed by atoms with E-state index in [1.807, 2.05) is 0 Å². The van der Waals surface area contributed by atoms with E-state index in [0.29, 0.717) is 0 Å². The Hall–Kier alpha value is -3.51. The highest BCUT2D eigenvalue weighted by molar-refractivity contribution is 6.01. The van der Waals surface area contributed by atoms with Crippen LogP contribution in [0.2, 0.25) is 0 Å². The summed E-state index contributed by atoms with van der Waals surface area (Å²) in [5, 5.41) is 0.249. The Kier molecular flexibility index (Phi) is 8.86. The van der Waals surface area contributed by atoms with Crippen LogP contribution < -0.4 is 0 Å². The smallest absolute Gasteiger partial charge is 0.373 e. The van der Waals surface area contributed by atoms with Crippen LogP contribution in [0.4, 0.5) is 0 Å². The Morgan fingerprint density at radius 3 is 1.62 bits per heavy atom. The molecule has 0 bridgehead atoms. The van der Waals surface area contributed by atoms with Crippen LogP contribution in [0.15, 0.2) is 0 Å². The first-order valence-corrected chi connectivity index (χ1v) is 9.47. The predicted molar refractivity (Wildman–Crippen MR) is 99.7 cm³/mol. The van der Waals surface area contributed by atoms with E-state index in [1.54, 1.807) is 0 Å². The van der Waals surface area contributed by atoms with Crippen molar-refractivity contribution in [3.63, 3.8) is 0 Å². The number of esters is 4. The molecule has 13 heteroatoms. The fraction of sp³-hybridized carbons (Fsp3) is 0.632. The van der Waals surface area contributed by atoms with Crippen molar-refractivity contribution < 1.29 is 57.3 Å². The predicted octanol–water partition coefficient (Wildman–Crippen LogP) is -0.270. The summed E-state index contributed by atoms with van der Waals surface area (Å²) in [6.45, 7) is 7.43. The summed E-state index contributed by atoms with van der Waals surface area (Å²) >= 11 is 0. The summed E-state index contributed by atoms with van der Waals surface area (Å²) in [6.07, 6.45) is -6.13. The van der Waals surface area contributed by atoms with Crippen LogP contribution in [0.1, 0.15) is 54.4 Å². The minimum atomic E-state index is -2.11. The molecule has 178 valence electrons. The van der Waals surface area contributed by atoms with Crippen LogP contribution in [0.5, 0.6) is 0 Å². The summed E-state index contributed by atoms with van der Waals surface area (Å²) in [5.41, 5.74) is -1.05. The van der Waals surface area contributed by atoms with Gasteiger partial charge in [-0.05, 0) is 27.7 Å². The largest absolute Gasteiger partial charge is 0.457 e. The Balaban J connectivity index is 3.02. The van der Waals surface area contributed by atoms with Crippen molar-refractivity contribution in [3.05, 3.63) is 0 Å². The van der Waals surface area contributed by atoms with E-state index in [9.17, 15) is 33.6 Å². The summed E-state index contributed by atoms with van der Waals surface area (Å²) in [6, 6.07) is 0. The second-order valence-corrected chi connectivity index (χ2v) is 7.66. The molecule has 0 saturated carbocycles. The normalized spacial score (nSPS) is 16.5. The number of carbonyl (C=O) groups excluding carboxylic acids is 7. The van der Waals surface area contributed by atoms with Crippen molar-refractivity contribution in [2.75, 3.05) is 0 Å². The molecule has 0 aliphatic carbocycles. The Morgan fingerprint density at radius 2 is 1.22 bits per heavy atom. The average molecular weight is 459 g/mol. The first-order chi connectivity index (χ1) is 14.6. The highest BCUT2D eigenvalue weighted by Gasteiger charge is 2.44. The zero-order valence-electron chi connectivity index (χ0n) is 18.5. The summed E-state index contributed by atoms with van der Waals surface area (Å²) < 4.78 is 19.6. The lowest BCUT2D eigenvalue weighted by Crippen LogP contribution is -2.49. The Labute approximate surface area is 183 Å². The van der Waals surface area contributed by atoms with Gasteiger partial charge in [-0.1, -0.05) is 0 Å². The molecule has 1 aliphatic rings. The van der Waals surface area contributed by atoms with Gasteiger partial charge in [0, 0.05) is 26.7 Å². The SMILES string of the molecule is CC(=O)OC(C(=O)OC(C)(C)C)[C@@H](OC(C)=O)C(=O)O[C@H](C)C(=O)ON1C(=O)CCC1=O. The van der Waals surface area contributed by atoms with E-state index < -0.39 is 65.6 Å². The van der Waals surface area contributed by atoms with Crippen molar-refractivity contribution in [3.8, 4) is 0 Å². The standard InChI is InChI=1S/C19H25NO12/c1-9(16(25)32-20-12(23)7-8-13(20)24)28-17(26)14(29-10(2)21)15(30-11(3)22)18(27)31-19(4,5)6/h9,14-15H,7-8H2,1-6H3/t9-,14-,15?/m1/s1. The molecular weight excluding hydrogens is 434 g/mol. The van der Waals surface area contributed by atoms with Gasteiger partial charge in [0.25, 0.3) is 11.8 Å². The number of ether oxygens (including phenoxy) is 4. The molecule has 0 radical (unpaired) electrons. The van der Waals surface area contributed by atoms with E-state index in [1.165, 1.54) is 20.8 Å². The van der Waals surface area contributed by atoms with Crippen LogP contribution >= 0.6 is 0 Å². The fourth-order valence-corrected chi connectivity index (χ4v) is 2.30. The molecule has 0 N–H and O–H groups in total. The quantitative estimate of drug-likeness (QED) is 0.265. The second-order valence-electron chi connectivity index (χ2n) is 7.66. The molecule has 1 saturated heterocycles. The second kappa shape index (κ2) is 10.7. The van der Waals surface area contributed by atoms with Gasteiger partial charge in [0.1, 0.15) is 5.60 Å². The first-order valence-electron chi connectivity index (χ1n) is 9.47. The Bertz CT molecular complexity index is 796. The van der Waals surface area contributed by atoms with Crippen LogP contribution in [0.25, 0.3) is 0 Å². The number of nitrogens with zero attached hydrogens (tertiary/aromatic N) is 1. The molecule has 3 atom stereocenters. The molecule has 2 amide bonds. The summed E-state index contributed by atoms with van der Waals surface area (Å²) in [7, 11) is 0. The molecule has 0 aromatic heterocycles. The van der Waals surface area contributed by atoms with E-state index in [0.717, 1.165) is 20.8 Å². The fourth-order valence-electron chi connectivity index (χ4n) is 2.30. The number of hydrogen-bond donors (Lipinski definition) is 0. The molecule has 0 spiro atoms. The van der Waals surface area contributed by atoms with Crippen molar-refractivity contribution in [2.45, 2.75) is 78.3 Å². The number of hydrogen-bond acceptors (Lipinski definition) is 12. The van der Waals surface area contributed by atoms with Gasteiger partial charge in [-0.2, -0.15) is 0 Å². The van der Waals surface area contributed by atoms with Crippen LogP contribution in [0, 0.1) is 0 Å². The molecule has 1 fully saturated rings. The lowest BCUT2D eigenvalue weighted by molar-refractivity contribution is -0.209. The monoisotopic (exact) mass is 459 g/mol. The maximum atomic E-state index is 12.6. The van der Waals surface area contributed by atoms with E-state index in [-0.39, 0.29) is 17.9 Å². The molecule has 1 unspecified atom stereocenters. The molecule has 1 rings (SSSR count). The van der Waals surface area contributed by atoms with Gasteiger partial charge in [0.15, 0.2) is 6.10 Å². The number of amides is 2. The highest BCUT2D eigenvalue weighted by atomic mass is 16.7. The van der Waals surface area contributed by atoms with Crippen LogP contribution in [-0.2, 0) is 57.3 Å². The molecular formula is C19H25NO12. The average Bonchev–Trinajstić information content (AvgIpc) is 2.94. The Morgan fingerprint density at radius 1 is 0.781 bits per heavy atom. The highest BCUT2D eigenvalue weighted by Crippen LogP contribution is 2.17. The number of carbonyl (C=O) groups is 7. The molecule has 32 heavy (non-hydrogen) atoms. The number of rotatable bonds is 8. The van der Waals surface area contributed by atoms with Gasteiger partial charge in [-0.25, -0.2) is 14.4 Å². The van der Waals surface area contributed by atoms with Crippen molar-refractivity contribution >= 4 is 41.7 Å². The molecule has 0 aromatic carbocycles. The lowest BCUT2D eigenvalue weighted by atomic mass is 10.1. The molecule has 1 heterocycles. The first kappa shape index (κ1) is 26.5. The third-order valence-electron chi connectivity index (χ3n) is 3.54. The van der Waals surface area contributed by atoms with Gasteiger partial charge >= 0.3 is 29.8 Å². The van der Waals surface area contributed by atoms with E-state index >= 15 is 0 Å². The van der Waals surface area contributed by atoms with Gasteiger partial charge in [-0.15, -0.1) is 5.06 Å². The summed E-state index contributed by atoms with van der Waals surface area (Å²) in [5.74, 6) is -7.47.